The highest BCUT2D eigenvalue weighted by Crippen LogP contribution is 2.33. The second-order valence-corrected chi connectivity index (χ2v) is 5.97. The summed E-state index contributed by atoms with van der Waals surface area (Å²) in [6.07, 6.45) is 6.62. The van der Waals surface area contributed by atoms with Crippen LogP contribution in [0.1, 0.15) is 51.4 Å². The van der Waals surface area contributed by atoms with Gasteiger partial charge in [0.15, 0.2) is 0 Å². The minimum atomic E-state index is -0.871. The highest BCUT2D eigenvalue weighted by molar-refractivity contribution is 5.85. The average Bonchev–Trinajstić information content (AvgIpc) is 2.87. The highest BCUT2D eigenvalue weighted by atomic mass is 16.4. The number of rotatable bonds is 4. The zero-order chi connectivity index (χ0) is 13.9. The summed E-state index contributed by atoms with van der Waals surface area (Å²) < 4.78 is 0. The summed E-state index contributed by atoms with van der Waals surface area (Å²) >= 11 is 0. The van der Waals surface area contributed by atoms with Crippen LogP contribution < -0.4 is 5.32 Å². The number of carboxylic acids is 1. The molecule has 2 fully saturated rings. The predicted molar refractivity (Wildman–Crippen MR) is 69.5 cm³/mol. The van der Waals surface area contributed by atoms with Gasteiger partial charge in [0.2, 0.25) is 5.91 Å². The molecule has 0 aromatic rings. The van der Waals surface area contributed by atoms with Crippen molar-refractivity contribution in [1.29, 1.82) is 0 Å². The Labute approximate surface area is 113 Å². The molecule has 0 radical (unpaired) electrons. The largest absolute Gasteiger partial charge is 0.481 e. The van der Waals surface area contributed by atoms with E-state index in [1.165, 1.54) is 0 Å². The van der Waals surface area contributed by atoms with E-state index in [2.05, 4.69) is 5.32 Å². The van der Waals surface area contributed by atoms with E-state index in [-0.39, 0.29) is 12.5 Å². The van der Waals surface area contributed by atoms with E-state index in [0.717, 1.165) is 38.5 Å². The van der Waals surface area contributed by atoms with Crippen molar-refractivity contribution in [2.45, 2.75) is 56.9 Å². The summed E-state index contributed by atoms with van der Waals surface area (Å²) in [5.74, 6) is -2.05. The molecule has 0 heterocycles. The minimum absolute atomic E-state index is 0.0524. The van der Waals surface area contributed by atoms with Gasteiger partial charge in [-0.25, -0.2) is 0 Å². The first-order chi connectivity index (χ1) is 9.08. The van der Waals surface area contributed by atoms with Crippen molar-refractivity contribution in [2.75, 3.05) is 6.61 Å². The third kappa shape index (κ3) is 3.08. The maximum atomic E-state index is 12.3. The predicted octanol–water partition coefficient (Wildman–Crippen LogP) is 1.30. The number of nitrogens with one attached hydrogen (secondary N) is 1. The van der Waals surface area contributed by atoms with Crippen LogP contribution in [0, 0.1) is 11.8 Å². The van der Waals surface area contributed by atoms with Crippen LogP contribution in [-0.2, 0) is 9.59 Å². The van der Waals surface area contributed by atoms with E-state index in [0.29, 0.717) is 12.8 Å². The molecular formula is C14H23NO4. The molecule has 2 aliphatic carbocycles. The molecule has 5 nitrogen and oxygen atoms in total. The van der Waals surface area contributed by atoms with Gasteiger partial charge in [0, 0.05) is 0 Å². The van der Waals surface area contributed by atoms with Crippen LogP contribution in [0.25, 0.3) is 0 Å². The summed E-state index contributed by atoms with van der Waals surface area (Å²) in [7, 11) is 0. The summed E-state index contributed by atoms with van der Waals surface area (Å²) in [6.45, 7) is -0.0524. The van der Waals surface area contributed by atoms with Gasteiger partial charge in [0.25, 0.3) is 0 Å². The fourth-order valence-corrected chi connectivity index (χ4v) is 3.47. The molecule has 0 bridgehead atoms. The van der Waals surface area contributed by atoms with E-state index >= 15 is 0 Å². The third-order valence-corrected chi connectivity index (χ3v) is 4.67. The smallest absolute Gasteiger partial charge is 0.307 e. The van der Waals surface area contributed by atoms with Crippen molar-refractivity contribution in [3.05, 3.63) is 0 Å². The Balaban J connectivity index is 2.03. The normalized spacial score (nSPS) is 29.9. The molecule has 0 aliphatic heterocycles. The number of amides is 1. The molecule has 0 aromatic heterocycles. The lowest BCUT2D eigenvalue weighted by Crippen LogP contribution is -2.53. The summed E-state index contributed by atoms with van der Waals surface area (Å²) in [5.41, 5.74) is -0.502. The molecule has 2 saturated carbocycles. The van der Waals surface area contributed by atoms with Gasteiger partial charge in [-0.2, -0.15) is 0 Å². The van der Waals surface area contributed by atoms with Gasteiger partial charge < -0.3 is 15.5 Å². The fourth-order valence-electron chi connectivity index (χ4n) is 3.47. The number of hydrogen-bond donors (Lipinski definition) is 3. The van der Waals surface area contributed by atoms with E-state index in [1.807, 2.05) is 0 Å². The first kappa shape index (κ1) is 14.3. The molecule has 1 amide bonds. The Hall–Kier alpha value is -1.10. The van der Waals surface area contributed by atoms with Gasteiger partial charge in [-0.3, -0.25) is 9.59 Å². The Bertz CT molecular complexity index is 349. The Kier molecular flexibility index (Phi) is 4.45. The summed E-state index contributed by atoms with van der Waals surface area (Å²) in [6, 6.07) is 0. The standard InChI is InChI=1S/C14H23NO4/c16-9-14(7-3-4-8-14)15-12(17)10-5-1-2-6-11(10)13(18)19/h10-11,16H,1-9H2,(H,15,17)(H,18,19)/t10-,11+/m1/s1. The number of aliphatic carboxylic acids is 1. The maximum Gasteiger partial charge on any atom is 0.307 e. The maximum absolute atomic E-state index is 12.3. The van der Waals surface area contributed by atoms with Crippen molar-refractivity contribution in [3.8, 4) is 0 Å². The number of aliphatic hydroxyl groups excluding tert-OH is 1. The van der Waals surface area contributed by atoms with Crippen LogP contribution >= 0.6 is 0 Å². The zero-order valence-electron chi connectivity index (χ0n) is 11.2. The monoisotopic (exact) mass is 269 g/mol. The lowest BCUT2D eigenvalue weighted by atomic mass is 9.78. The number of aliphatic hydroxyl groups is 1. The van der Waals surface area contributed by atoms with Gasteiger partial charge >= 0.3 is 5.97 Å². The Morgan fingerprint density at radius 2 is 1.63 bits per heavy atom. The van der Waals surface area contributed by atoms with Crippen molar-refractivity contribution in [3.63, 3.8) is 0 Å². The lowest BCUT2D eigenvalue weighted by Gasteiger charge is -2.33. The van der Waals surface area contributed by atoms with E-state index in [1.54, 1.807) is 0 Å². The molecule has 2 atom stereocenters. The van der Waals surface area contributed by atoms with E-state index in [9.17, 15) is 19.8 Å². The fraction of sp³-hybridized carbons (Fsp3) is 0.857. The van der Waals surface area contributed by atoms with Crippen LogP contribution in [0.15, 0.2) is 0 Å². The second-order valence-electron chi connectivity index (χ2n) is 5.97. The molecule has 0 unspecified atom stereocenters. The van der Waals surface area contributed by atoms with E-state index < -0.39 is 23.3 Å². The molecule has 0 spiro atoms. The number of carbonyl (C=O) groups excluding carboxylic acids is 1. The van der Waals surface area contributed by atoms with Crippen molar-refractivity contribution < 1.29 is 19.8 Å². The molecule has 5 heteroatoms. The molecule has 108 valence electrons. The summed E-state index contributed by atoms with van der Waals surface area (Å²) in [5, 5.41) is 21.7. The first-order valence-corrected chi connectivity index (χ1v) is 7.24. The van der Waals surface area contributed by atoms with Crippen LogP contribution in [0.2, 0.25) is 0 Å². The quantitative estimate of drug-likeness (QED) is 0.718. The highest BCUT2D eigenvalue weighted by Gasteiger charge is 2.40. The molecule has 0 saturated heterocycles. The van der Waals surface area contributed by atoms with Crippen LogP contribution in [0.5, 0.6) is 0 Å². The van der Waals surface area contributed by atoms with Crippen LogP contribution in [-0.4, -0.2) is 34.2 Å². The second kappa shape index (κ2) is 5.90. The molecule has 3 N–H and O–H groups in total. The van der Waals surface area contributed by atoms with Gasteiger partial charge in [0.05, 0.1) is 24.0 Å². The van der Waals surface area contributed by atoms with Crippen molar-refractivity contribution >= 4 is 11.9 Å². The SMILES string of the molecule is O=C(O)[C@H]1CCCC[C@H]1C(=O)NC1(CO)CCCC1. The van der Waals surface area contributed by atoms with E-state index in [4.69, 9.17) is 0 Å². The van der Waals surface area contributed by atoms with Crippen molar-refractivity contribution in [2.24, 2.45) is 11.8 Å². The Morgan fingerprint density at radius 3 is 2.16 bits per heavy atom. The van der Waals surface area contributed by atoms with Gasteiger partial charge in [-0.05, 0) is 25.7 Å². The number of carboxylic acid groups (broad SMARTS) is 1. The molecule has 19 heavy (non-hydrogen) atoms. The average molecular weight is 269 g/mol. The summed E-state index contributed by atoms with van der Waals surface area (Å²) in [4.78, 5) is 23.6. The molecular weight excluding hydrogens is 246 g/mol. The van der Waals surface area contributed by atoms with Gasteiger partial charge in [-0.15, -0.1) is 0 Å². The number of hydrogen-bond acceptors (Lipinski definition) is 3. The lowest BCUT2D eigenvalue weighted by molar-refractivity contribution is -0.149. The number of carbonyl (C=O) groups is 2. The van der Waals surface area contributed by atoms with Crippen LogP contribution in [0.4, 0.5) is 0 Å². The first-order valence-electron chi connectivity index (χ1n) is 7.24. The molecule has 2 aliphatic rings. The van der Waals surface area contributed by atoms with Crippen LogP contribution in [0.3, 0.4) is 0 Å². The topological polar surface area (TPSA) is 86.6 Å². The minimum Gasteiger partial charge on any atom is -0.481 e. The molecule has 0 aromatic carbocycles. The zero-order valence-corrected chi connectivity index (χ0v) is 11.2. The Morgan fingerprint density at radius 1 is 1.05 bits per heavy atom. The molecule has 2 rings (SSSR count). The third-order valence-electron chi connectivity index (χ3n) is 4.67. The van der Waals surface area contributed by atoms with Gasteiger partial charge in [0.1, 0.15) is 0 Å². The van der Waals surface area contributed by atoms with Gasteiger partial charge in [-0.1, -0.05) is 25.7 Å². The van der Waals surface area contributed by atoms with Crippen molar-refractivity contribution in [1.82, 2.24) is 5.32 Å².